The Kier molecular flexibility index (Phi) is 4.25. The van der Waals surface area contributed by atoms with E-state index in [2.05, 4.69) is 28.9 Å². The van der Waals surface area contributed by atoms with Gasteiger partial charge in [0.25, 0.3) is 0 Å². The molecular formula is C17H30N2OS. The highest BCUT2D eigenvalue weighted by Crippen LogP contribution is 2.43. The van der Waals surface area contributed by atoms with Crippen molar-refractivity contribution < 1.29 is 4.74 Å². The van der Waals surface area contributed by atoms with Crippen LogP contribution in [0, 0.1) is 11.8 Å². The average Bonchev–Trinajstić information content (AvgIpc) is 3.08. The minimum absolute atomic E-state index is 0.239. The van der Waals surface area contributed by atoms with Crippen LogP contribution >= 0.6 is 11.8 Å². The summed E-state index contributed by atoms with van der Waals surface area (Å²) in [4.78, 5) is 2.90. The van der Waals surface area contributed by atoms with E-state index < -0.39 is 0 Å². The molecule has 0 bridgehead atoms. The van der Waals surface area contributed by atoms with Gasteiger partial charge in [-0.1, -0.05) is 6.92 Å². The van der Waals surface area contributed by atoms with Crippen molar-refractivity contribution in [3.63, 3.8) is 0 Å². The Balaban J connectivity index is 1.47. The maximum atomic E-state index is 6.31. The van der Waals surface area contributed by atoms with E-state index in [9.17, 15) is 0 Å². The quantitative estimate of drug-likeness (QED) is 0.846. The molecule has 1 spiro atoms. The number of hydrogen-bond acceptors (Lipinski definition) is 4. The van der Waals surface area contributed by atoms with Gasteiger partial charge in [-0.05, 0) is 68.5 Å². The van der Waals surface area contributed by atoms with Crippen LogP contribution in [0.3, 0.4) is 0 Å². The third kappa shape index (κ3) is 2.66. The summed E-state index contributed by atoms with van der Waals surface area (Å²) in [5.41, 5.74) is 0.239. The van der Waals surface area contributed by atoms with Crippen molar-refractivity contribution in [2.24, 2.45) is 11.8 Å². The van der Waals surface area contributed by atoms with Crippen molar-refractivity contribution >= 4 is 11.8 Å². The Hall–Kier alpha value is 0.230. The Morgan fingerprint density at radius 1 is 1.29 bits per heavy atom. The number of rotatable bonds is 2. The molecule has 4 rings (SSSR count). The number of fused-ring (bicyclic) bond motifs is 1. The molecule has 4 heteroatoms. The molecule has 0 aromatic rings. The summed E-state index contributed by atoms with van der Waals surface area (Å²) < 4.78 is 6.31. The van der Waals surface area contributed by atoms with Gasteiger partial charge in [0.05, 0.1) is 5.60 Å². The first-order chi connectivity index (χ1) is 10.3. The first-order valence-electron chi connectivity index (χ1n) is 8.99. The fourth-order valence-corrected chi connectivity index (χ4v) is 6.63. The first-order valence-corrected chi connectivity index (χ1v) is 10.1. The van der Waals surface area contributed by atoms with E-state index in [0.29, 0.717) is 0 Å². The monoisotopic (exact) mass is 310 g/mol. The standard InChI is InChI=1S/C17H30N2OS/c1-2-16-15-11-18-10-13(15)12-19(16)14-3-6-20-17(9-14)4-7-21-8-5-17/h13-16,18H,2-12H2,1H3. The molecular weight excluding hydrogens is 280 g/mol. The second-order valence-corrected chi connectivity index (χ2v) is 8.77. The molecule has 0 aliphatic carbocycles. The van der Waals surface area contributed by atoms with Gasteiger partial charge in [-0.25, -0.2) is 0 Å². The fraction of sp³-hybridized carbons (Fsp3) is 1.00. The number of likely N-dealkylation sites (tertiary alicyclic amines) is 1. The molecule has 0 saturated carbocycles. The number of nitrogens with one attached hydrogen (secondary N) is 1. The summed E-state index contributed by atoms with van der Waals surface area (Å²) in [7, 11) is 0. The van der Waals surface area contributed by atoms with Crippen LogP contribution in [0.5, 0.6) is 0 Å². The van der Waals surface area contributed by atoms with Gasteiger partial charge in [0.2, 0.25) is 0 Å². The highest BCUT2D eigenvalue weighted by molar-refractivity contribution is 7.99. The number of thioether (sulfide) groups is 1. The predicted octanol–water partition coefficient (Wildman–Crippen LogP) is 2.36. The van der Waals surface area contributed by atoms with Crippen molar-refractivity contribution in [2.75, 3.05) is 37.7 Å². The van der Waals surface area contributed by atoms with E-state index in [4.69, 9.17) is 4.74 Å². The van der Waals surface area contributed by atoms with Gasteiger partial charge in [0.1, 0.15) is 0 Å². The number of ether oxygens (including phenoxy) is 1. The highest BCUT2D eigenvalue weighted by Gasteiger charge is 2.48. The minimum atomic E-state index is 0.239. The van der Waals surface area contributed by atoms with Crippen LogP contribution < -0.4 is 5.32 Å². The molecule has 4 atom stereocenters. The third-order valence-electron chi connectivity index (χ3n) is 6.52. The van der Waals surface area contributed by atoms with Crippen LogP contribution in [0.15, 0.2) is 0 Å². The molecule has 0 radical (unpaired) electrons. The molecule has 4 saturated heterocycles. The Labute approximate surface area is 133 Å². The van der Waals surface area contributed by atoms with Gasteiger partial charge in [0, 0.05) is 25.2 Å². The fourth-order valence-electron chi connectivity index (χ4n) is 5.39. The smallest absolute Gasteiger partial charge is 0.0713 e. The van der Waals surface area contributed by atoms with E-state index in [1.165, 1.54) is 63.2 Å². The zero-order valence-electron chi connectivity index (χ0n) is 13.4. The molecule has 0 aromatic heterocycles. The molecule has 21 heavy (non-hydrogen) atoms. The zero-order valence-corrected chi connectivity index (χ0v) is 14.2. The second-order valence-electron chi connectivity index (χ2n) is 7.55. The molecule has 4 aliphatic heterocycles. The molecule has 4 unspecified atom stereocenters. The Morgan fingerprint density at radius 2 is 2.14 bits per heavy atom. The van der Waals surface area contributed by atoms with Gasteiger partial charge < -0.3 is 10.1 Å². The van der Waals surface area contributed by atoms with Gasteiger partial charge in [-0.2, -0.15) is 11.8 Å². The van der Waals surface area contributed by atoms with Gasteiger partial charge in [-0.3, -0.25) is 4.90 Å². The maximum Gasteiger partial charge on any atom is 0.0713 e. The molecule has 4 aliphatic rings. The van der Waals surface area contributed by atoms with E-state index in [1.807, 2.05) is 0 Å². The number of hydrogen-bond donors (Lipinski definition) is 1. The van der Waals surface area contributed by atoms with Crippen LogP contribution in [0.25, 0.3) is 0 Å². The zero-order chi connectivity index (χ0) is 14.3. The van der Waals surface area contributed by atoms with Crippen molar-refractivity contribution in [2.45, 2.75) is 56.7 Å². The average molecular weight is 311 g/mol. The van der Waals surface area contributed by atoms with Crippen LogP contribution in [-0.4, -0.2) is 60.3 Å². The summed E-state index contributed by atoms with van der Waals surface area (Å²) in [6, 6.07) is 1.61. The maximum absolute atomic E-state index is 6.31. The SMILES string of the molecule is CCC1C2CNCC2CN1C1CCOC2(CCSCC2)C1. The molecule has 120 valence electrons. The van der Waals surface area contributed by atoms with Gasteiger partial charge >= 0.3 is 0 Å². The topological polar surface area (TPSA) is 24.5 Å². The molecule has 1 N–H and O–H groups in total. The number of nitrogens with zero attached hydrogens (tertiary/aromatic N) is 1. The van der Waals surface area contributed by atoms with Crippen LogP contribution in [0.4, 0.5) is 0 Å². The molecule has 0 amide bonds. The summed E-state index contributed by atoms with van der Waals surface area (Å²) in [6.07, 6.45) is 6.46. The van der Waals surface area contributed by atoms with E-state index in [1.54, 1.807) is 0 Å². The van der Waals surface area contributed by atoms with E-state index in [0.717, 1.165) is 30.5 Å². The molecule has 3 nitrogen and oxygen atoms in total. The van der Waals surface area contributed by atoms with Crippen LogP contribution in [0.1, 0.15) is 39.0 Å². The summed E-state index contributed by atoms with van der Waals surface area (Å²) >= 11 is 2.11. The lowest BCUT2D eigenvalue weighted by molar-refractivity contribution is -0.113. The third-order valence-corrected chi connectivity index (χ3v) is 7.50. The normalized spacial score (nSPS) is 43.3. The van der Waals surface area contributed by atoms with Crippen LogP contribution in [0.2, 0.25) is 0 Å². The van der Waals surface area contributed by atoms with Crippen molar-refractivity contribution in [3.8, 4) is 0 Å². The lowest BCUT2D eigenvalue weighted by atomic mass is 9.84. The summed E-state index contributed by atoms with van der Waals surface area (Å²) in [5, 5.41) is 3.61. The first kappa shape index (κ1) is 14.8. The molecule has 0 aromatic carbocycles. The van der Waals surface area contributed by atoms with Crippen LogP contribution in [-0.2, 0) is 4.74 Å². The summed E-state index contributed by atoms with van der Waals surface area (Å²) in [6.45, 7) is 7.24. The highest BCUT2D eigenvalue weighted by atomic mass is 32.2. The molecule has 4 heterocycles. The lowest BCUT2D eigenvalue weighted by Gasteiger charge is -2.47. The van der Waals surface area contributed by atoms with Crippen molar-refractivity contribution in [1.82, 2.24) is 10.2 Å². The Morgan fingerprint density at radius 3 is 2.95 bits per heavy atom. The van der Waals surface area contributed by atoms with E-state index in [-0.39, 0.29) is 5.60 Å². The van der Waals surface area contributed by atoms with E-state index >= 15 is 0 Å². The van der Waals surface area contributed by atoms with Gasteiger partial charge in [-0.15, -0.1) is 0 Å². The minimum Gasteiger partial charge on any atom is -0.375 e. The summed E-state index contributed by atoms with van der Waals surface area (Å²) in [5.74, 6) is 4.43. The van der Waals surface area contributed by atoms with Crippen molar-refractivity contribution in [1.29, 1.82) is 0 Å². The second kappa shape index (κ2) is 6.03. The Bertz CT molecular complexity index is 366. The molecule has 4 fully saturated rings. The lowest BCUT2D eigenvalue weighted by Crippen LogP contribution is -2.52. The van der Waals surface area contributed by atoms with Crippen molar-refractivity contribution in [3.05, 3.63) is 0 Å². The largest absolute Gasteiger partial charge is 0.375 e. The predicted molar refractivity (Wildman–Crippen MR) is 88.9 cm³/mol. The van der Waals surface area contributed by atoms with Gasteiger partial charge in [0.15, 0.2) is 0 Å².